The van der Waals surface area contributed by atoms with Crippen LogP contribution in [0.3, 0.4) is 0 Å². The molecule has 12 heterocycles. The summed E-state index contributed by atoms with van der Waals surface area (Å²) < 4.78 is 78.0. The van der Waals surface area contributed by atoms with Crippen LogP contribution in [0.15, 0.2) is 158 Å². The molecule has 3 amide bonds. The average Bonchev–Trinajstić information content (AvgIpc) is 1.52. The lowest BCUT2D eigenvalue weighted by atomic mass is 9.73. The molecule has 34 heteroatoms. The van der Waals surface area contributed by atoms with Gasteiger partial charge >= 0.3 is 17.9 Å². The normalized spacial score (nSPS) is 26.3. The number of amides is 3. The number of hydrogen-bond acceptors (Lipinski definition) is 16. The molecule has 0 bridgehead atoms. The van der Waals surface area contributed by atoms with E-state index in [9.17, 15) is 44.1 Å². The van der Waals surface area contributed by atoms with Gasteiger partial charge in [0.15, 0.2) is 0 Å². The molecule has 125 heavy (non-hydrogen) atoms. The molecule has 636 valence electrons. The number of likely N-dealkylation sites (tertiary alicyclic amines) is 3. The second-order valence-electron chi connectivity index (χ2n) is 34.2. The van der Waals surface area contributed by atoms with Crippen molar-refractivity contribution in [3.05, 3.63) is 255 Å². The summed E-state index contributed by atoms with van der Waals surface area (Å²) in [5.74, 6) is -5.54. The Morgan fingerprint density at radius 2 is 0.784 bits per heavy atom. The van der Waals surface area contributed by atoms with Gasteiger partial charge in [-0.1, -0.05) is 124 Å². The second-order valence-corrected chi connectivity index (χ2v) is 36.7. The van der Waals surface area contributed by atoms with Crippen molar-refractivity contribution in [2.24, 2.45) is 17.8 Å². The first-order valence-electron chi connectivity index (χ1n) is 41.0. The van der Waals surface area contributed by atoms with Crippen molar-refractivity contribution in [1.29, 1.82) is 0 Å². The summed E-state index contributed by atoms with van der Waals surface area (Å²) in [5.41, 5.74) is 2.44. The maximum absolute atomic E-state index is 16.2. The van der Waals surface area contributed by atoms with Gasteiger partial charge in [0.05, 0.1) is 102 Å². The van der Waals surface area contributed by atoms with Gasteiger partial charge in [0, 0.05) is 86.2 Å². The number of ether oxygens (including phenoxy) is 4. The van der Waals surface area contributed by atoms with Crippen molar-refractivity contribution in [1.82, 2.24) is 44.0 Å². The van der Waals surface area contributed by atoms with E-state index in [-0.39, 0.29) is 98.7 Å². The number of nitrogens with zero attached hydrogens (tertiary/aromatic N) is 9. The fourth-order valence-electron chi connectivity index (χ4n) is 21.9. The first-order valence-corrected chi connectivity index (χ1v) is 43.3. The van der Waals surface area contributed by atoms with Gasteiger partial charge in [0.25, 0.3) is 0 Å². The Labute approximate surface area is 738 Å². The number of carbonyl (C=O) groups is 6. The summed E-state index contributed by atoms with van der Waals surface area (Å²) in [6.07, 6.45) is 6.25. The van der Waals surface area contributed by atoms with Crippen LogP contribution in [0.5, 0.6) is 23.4 Å². The number of carbonyl (C=O) groups excluding carboxylic acids is 3. The number of aromatic nitrogens is 6. The Morgan fingerprint density at radius 1 is 0.432 bits per heavy atom. The van der Waals surface area contributed by atoms with Gasteiger partial charge in [0.2, 0.25) is 35.4 Å². The van der Waals surface area contributed by atoms with Crippen LogP contribution in [0, 0.1) is 35.2 Å². The van der Waals surface area contributed by atoms with Crippen molar-refractivity contribution in [3.8, 4) is 23.4 Å². The fraction of sp³-hybridized carbons (Fsp3) is 0.308. The molecular formula is C91H71Cl6F3N12O13. The molecule has 24 rings (SSSR count). The number of fused-ring (bicyclic) bond motifs is 21. The van der Waals surface area contributed by atoms with Gasteiger partial charge in [-0.05, 0) is 176 Å². The largest absolute Gasteiger partial charge is 0.496 e. The SMILES string of the molecule is COc1cc2c3n(nc2cc1C(=O)O)[C@@H]1[C@H](CO3)N(CC2CC2)[C@@]2(C(=O)Nc3cc(Cl)ccc32)[C@H]1c1cccc(Cl)c1F.O=C(O)c1ccc2c3n(nc2c1)[C@@H]1[C@H](CO3)N(CC2CC2)[C@@]2(C(=O)Nc3cc(Cl)ccc32)[C@H]1c1cccc(Cl)c1F.O=C(O)c1ccc2nn3c(c2c1)OC[C@H]1[C@@H]3[C@H](c2cccc(Cl)c2F)[C@]2(C(=O)Nc3cc(Cl)ccc32)N1CC1CC1. The molecule has 25 nitrogen and oxygen atoms in total. The molecule has 3 aliphatic carbocycles. The number of nitrogens with one attached hydrogen (secondary N) is 3. The van der Waals surface area contributed by atoms with Crippen molar-refractivity contribution >= 4 is 155 Å². The number of carboxylic acids is 3. The van der Waals surface area contributed by atoms with Gasteiger partial charge in [-0.3, -0.25) is 29.1 Å². The molecule has 9 aliphatic heterocycles. The van der Waals surface area contributed by atoms with Crippen LogP contribution in [-0.4, -0.2) is 160 Å². The minimum Gasteiger partial charge on any atom is -0.496 e. The third-order valence-corrected chi connectivity index (χ3v) is 29.1. The number of halogens is 9. The number of rotatable bonds is 13. The van der Waals surface area contributed by atoms with E-state index >= 15 is 13.2 Å². The minimum absolute atomic E-state index is 0.0337. The molecule has 3 spiro atoms. The van der Waals surface area contributed by atoms with E-state index in [1.54, 1.807) is 105 Å². The van der Waals surface area contributed by atoms with Crippen LogP contribution in [0.25, 0.3) is 32.7 Å². The number of aromatic carboxylic acids is 3. The van der Waals surface area contributed by atoms with Gasteiger partial charge in [-0.25, -0.2) is 41.6 Å². The predicted molar refractivity (Wildman–Crippen MR) is 458 cm³/mol. The maximum atomic E-state index is 16.2. The molecule has 3 aromatic heterocycles. The van der Waals surface area contributed by atoms with E-state index in [0.29, 0.717) is 137 Å². The summed E-state index contributed by atoms with van der Waals surface area (Å²) in [4.78, 5) is 85.3. The lowest BCUT2D eigenvalue weighted by Gasteiger charge is -2.39. The lowest BCUT2D eigenvalue weighted by molar-refractivity contribution is -0.129. The van der Waals surface area contributed by atoms with Crippen molar-refractivity contribution in [3.63, 3.8) is 0 Å². The minimum atomic E-state index is -1.32. The number of benzene rings is 9. The molecule has 12 atom stereocenters. The summed E-state index contributed by atoms with van der Waals surface area (Å²) in [5, 5.41) is 55.8. The first-order chi connectivity index (χ1) is 60.3. The molecule has 3 saturated carbocycles. The average molecular weight is 1810 g/mol. The van der Waals surface area contributed by atoms with E-state index in [0.717, 1.165) is 49.7 Å². The van der Waals surface area contributed by atoms with Crippen LogP contribution >= 0.6 is 69.6 Å². The Hall–Kier alpha value is -11.2. The van der Waals surface area contributed by atoms with E-state index in [1.807, 2.05) is 18.2 Å². The van der Waals surface area contributed by atoms with Crippen LogP contribution in [0.2, 0.25) is 30.1 Å². The molecule has 12 aliphatic rings. The Bertz CT molecular complexity index is 6590. The van der Waals surface area contributed by atoms with Crippen LogP contribution in [0.1, 0.15) is 139 Å². The smallest absolute Gasteiger partial charge is 0.339 e. The van der Waals surface area contributed by atoms with E-state index < -0.39 is 87.9 Å². The predicted octanol–water partition coefficient (Wildman–Crippen LogP) is 17.5. The maximum Gasteiger partial charge on any atom is 0.339 e. The first kappa shape index (κ1) is 79.7. The standard InChI is InChI=1S/C31H25Cl2FN4O5.2C30H23Cl2FN4O4/c1-42-24-11-17-21(10-18(24)29(39)40)36-38-27-23(13-43-28(17)38)37(12-14-5-6-14)31(25(27)16-3-2-4-20(33)26(16)34)19-8-7-15(32)9-22(19)35-30(31)41;31-16-7-8-19-22(11-16)34-29(40)30(19)24(17-2-1-3-20(32)25(17)33)26-23(36(30)12-14-4-5-14)13-41-27-18-10-15(28(38)39)6-9-21(18)35-37(26)27;31-16-7-9-19-22(11-16)34-29(40)30(19)24(18-2-1-3-20(32)25(18)33)26-23(36(30)12-14-4-5-14)13-41-27-17-8-6-15(28(38)39)10-21(17)35-37(26)27/h2-4,7-11,14,23,25,27H,5-6,12-13H2,1H3,(H,35,41)(H,39,40);2*1-3,6-11,14,23-24,26H,4-5,12-13H2,(H,34,40)(H,38,39)/t23-,25-,27+,31+;2*23-,24-,26+,30+/m000/s1. The molecule has 6 fully saturated rings. The highest BCUT2D eigenvalue weighted by Crippen LogP contribution is 2.68. The molecule has 0 radical (unpaired) electrons. The van der Waals surface area contributed by atoms with E-state index in [1.165, 1.54) is 55.6 Å². The highest BCUT2D eigenvalue weighted by atomic mass is 35.5. The van der Waals surface area contributed by atoms with Gasteiger partial charge in [-0.2, -0.15) is 15.3 Å². The third-order valence-electron chi connectivity index (χ3n) is 27.5. The van der Waals surface area contributed by atoms with Crippen molar-refractivity contribution in [2.75, 3.05) is 62.5 Å². The number of anilines is 3. The van der Waals surface area contributed by atoms with Gasteiger partial charge < -0.3 is 50.2 Å². The summed E-state index contributed by atoms with van der Waals surface area (Å²) in [6.45, 7) is 2.52. The summed E-state index contributed by atoms with van der Waals surface area (Å²) in [6, 6.07) is 40.3. The quantitative estimate of drug-likeness (QED) is 0.0625. The van der Waals surface area contributed by atoms with Crippen molar-refractivity contribution < 1.29 is 76.2 Å². The van der Waals surface area contributed by atoms with E-state index in [4.69, 9.17) is 104 Å². The van der Waals surface area contributed by atoms with Crippen LogP contribution in [-0.2, 0) is 31.0 Å². The van der Waals surface area contributed by atoms with Crippen LogP contribution < -0.4 is 34.9 Å². The summed E-state index contributed by atoms with van der Waals surface area (Å²) in [7, 11) is 1.40. The zero-order chi connectivity index (χ0) is 86.2. The topological polar surface area (TPSA) is 299 Å². The molecular weight excluding hydrogens is 1740 g/mol. The highest BCUT2D eigenvalue weighted by molar-refractivity contribution is 6.33. The Kier molecular flexibility index (Phi) is 18.6. The Balaban J connectivity index is 0.000000111. The van der Waals surface area contributed by atoms with Gasteiger partial charge in [-0.15, -0.1) is 0 Å². The highest BCUT2D eigenvalue weighted by Gasteiger charge is 2.73. The number of hydrogen-bond donors (Lipinski definition) is 6. The summed E-state index contributed by atoms with van der Waals surface area (Å²) >= 11 is 38.1. The fourth-order valence-corrected chi connectivity index (χ4v) is 23.0. The molecule has 12 aromatic rings. The van der Waals surface area contributed by atoms with Crippen molar-refractivity contribution in [2.45, 2.75) is 109 Å². The third kappa shape index (κ3) is 11.9. The monoisotopic (exact) mass is 1810 g/mol. The molecule has 0 unspecified atom stereocenters. The zero-order valence-corrected chi connectivity index (χ0v) is 70.3. The van der Waals surface area contributed by atoms with Crippen LogP contribution in [0.4, 0.5) is 30.2 Å². The number of carboxylic acid groups (broad SMARTS) is 3. The van der Waals surface area contributed by atoms with E-state index in [2.05, 4.69) is 30.7 Å². The molecule has 6 N–H and O–H groups in total. The molecule has 9 aromatic carbocycles. The second kappa shape index (κ2) is 29.2. The molecule has 3 saturated heterocycles. The van der Waals surface area contributed by atoms with Gasteiger partial charge in [0.1, 0.15) is 65.2 Å². The lowest BCUT2D eigenvalue weighted by Crippen LogP contribution is -2.54. The zero-order valence-electron chi connectivity index (χ0n) is 65.8. The Morgan fingerprint density at radius 3 is 1.15 bits per heavy atom. The number of methoxy groups -OCH3 is 1.